The first-order valence-electron chi connectivity index (χ1n) is 9.46. The van der Waals surface area contributed by atoms with Crippen LogP contribution in [0.25, 0.3) is 0 Å². The number of benzene rings is 2. The Balaban J connectivity index is 1.22. The number of carbonyl (C=O) groups excluding carboxylic acids is 1. The third-order valence-corrected chi connectivity index (χ3v) is 4.84. The van der Waals surface area contributed by atoms with E-state index in [1.54, 1.807) is 29.2 Å². The standard InChI is InChI=1S/C22H20N4O3/c23-12-16-6-8-18(9-7-16)22(27)26-13-19(14-26)21-24-20(25-29-21)10-11-28-15-17-4-2-1-3-5-17/h1-9,19H,10-11,13-15H2. The normalized spacial score (nSPS) is 13.7. The summed E-state index contributed by atoms with van der Waals surface area (Å²) in [7, 11) is 0. The van der Waals surface area contributed by atoms with E-state index in [9.17, 15) is 4.79 Å². The molecule has 1 fully saturated rings. The Hall–Kier alpha value is -3.50. The van der Waals surface area contributed by atoms with Crippen LogP contribution >= 0.6 is 0 Å². The van der Waals surface area contributed by atoms with Crippen LogP contribution < -0.4 is 0 Å². The van der Waals surface area contributed by atoms with E-state index in [1.807, 2.05) is 36.4 Å². The van der Waals surface area contributed by atoms with Crippen LogP contribution in [0.4, 0.5) is 0 Å². The summed E-state index contributed by atoms with van der Waals surface area (Å²) in [6, 6.07) is 18.7. The SMILES string of the molecule is N#Cc1ccc(C(=O)N2CC(c3nc(CCOCc4ccccc4)no3)C2)cc1. The lowest BCUT2D eigenvalue weighted by molar-refractivity contribution is 0.0569. The molecule has 4 rings (SSSR count). The van der Waals surface area contributed by atoms with Gasteiger partial charge in [0.25, 0.3) is 5.91 Å². The molecule has 0 spiro atoms. The second-order valence-corrected chi connectivity index (χ2v) is 6.93. The zero-order valence-electron chi connectivity index (χ0n) is 15.8. The van der Waals surface area contributed by atoms with Crippen LogP contribution in [0.15, 0.2) is 59.1 Å². The first kappa shape index (κ1) is 18.8. The summed E-state index contributed by atoms with van der Waals surface area (Å²) in [5.74, 6) is 1.18. The maximum atomic E-state index is 12.5. The predicted octanol–water partition coefficient (Wildman–Crippen LogP) is 2.94. The second-order valence-electron chi connectivity index (χ2n) is 6.93. The summed E-state index contributed by atoms with van der Waals surface area (Å²) in [6.45, 7) is 2.17. The number of hydrogen-bond donors (Lipinski definition) is 0. The highest BCUT2D eigenvalue weighted by Gasteiger charge is 2.35. The van der Waals surface area contributed by atoms with E-state index in [-0.39, 0.29) is 11.8 Å². The predicted molar refractivity (Wildman–Crippen MR) is 104 cm³/mol. The van der Waals surface area contributed by atoms with Crippen LogP contribution in [-0.4, -0.2) is 40.6 Å². The molecule has 7 heteroatoms. The molecule has 1 aliphatic rings. The molecular formula is C22H20N4O3. The van der Waals surface area contributed by atoms with Crippen molar-refractivity contribution in [2.24, 2.45) is 0 Å². The summed E-state index contributed by atoms with van der Waals surface area (Å²) in [5.41, 5.74) is 2.24. The van der Waals surface area contributed by atoms with Crippen molar-refractivity contribution >= 4 is 5.91 Å². The van der Waals surface area contributed by atoms with E-state index in [2.05, 4.69) is 10.1 Å². The zero-order chi connectivity index (χ0) is 20.1. The fourth-order valence-electron chi connectivity index (χ4n) is 3.13. The maximum Gasteiger partial charge on any atom is 0.253 e. The number of amides is 1. The number of nitrogens with zero attached hydrogens (tertiary/aromatic N) is 4. The van der Waals surface area contributed by atoms with Gasteiger partial charge in [-0.15, -0.1) is 0 Å². The molecule has 0 unspecified atom stereocenters. The summed E-state index contributed by atoms with van der Waals surface area (Å²) in [4.78, 5) is 18.6. The van der Waals surface area contributed by atoms with E-state index in [0.717, 1.165) is 5.56 Å². The average molecular weight is 388 g/mol. The highest BCUT2D eigenvalue weighted by atomic mass is 16.5. The second kappa shape index (κ2) is 8.67. The number of likely N-dealkylation sites (tertiary alicyclic amines) is 1. The van der Waals surface area contributed by atoms with Gasteiger partial charge in [0.1, 0.15) is 0 Å². The molecule has 0 aliphatic carbocycles. The summed E-state index contributed by atoms with van der Waals surface area (Å²) < 4.78 is 11.0. The molecule has 0 radical (unpaired) electrons. The smallest absolute Gasteiger partial charge is 0.253 e. The van der Waals surface area contributed by atoms with Gasteiger partial charge in [-0.05, 0) is 29.8 Å². The van der Waals surface area contributed by atoms with Gasteiger partial charge in [0.05, 0.1) is 30.8 Å². The number of nitriles is 1. The molecule has 146 valence electrons. The van der Waals surface area contributed by atoms with Gasteiger partial charge in [0.2, 0.25) is 5.89 Å². The van der Waals surface area contributed by atoms with Gasteiger partial charge in [0, 0.05) is 25.1 Å². The quantitative estimate of drug-likeness (QED) is 0.578. The molecule has 1 amide bonds. The van der Waals surface area contributed by atoms with Crippen LogP contribution in [0, 0.1) is 11.3 Å². The Bertz CT molecular complexity index is 1000. The van der Waals surface area contributed by atoms with E-state index in [1.165, 1.54) is 0 Å². The van der Waals surface area contributed by atoms with E-state index >= 15 is 0 Å². The van der Waals surface area contributed by atoms with Crippen LogP contribution in [0.2, 0.25) is 0 Å². The number of hydrogen-bond acceptors (Lipinski definition) is 6. The Morgan fingerprint density at radius 3 is 2.66 bits per heavy atom. The monoisotopic (exact) mass is 388 g/mol. The molecule has 1 aliphatic heterocycles. The van der Waals surface area contributed by atoms with Crippen molar-refractivity contribution in [2.45, 2.75) is 18.9 Å². The van der Waals surface area contributed by atoms with Crippen LogP contribution in [0.3, 0.4) is 0 Å². The van der Waals surface area contributed by atoms with E-state index in [4.69, 9.17) is 14.5 Å². The van der Waals surface area contributed by atoms with Crippen molar-refractivity contribution in [1.29, 1.82) is 5.26 Å². The Morgan fingerprint density at radius 2 is 1.93 bits per heavy atom. The van der Waals surface area contributed by atoms with Crippen LogP contribution in [-0.2, 0) is 17.8 Å². The lowest BCUT2D eigenvalue weighted by Gasteiger charge is -2.37. The molecule has 7 nitrogen and oxygen atoms in total. The van der Waals surface area contributed by atoms with Crippen molar-refractivity contribution in [2.75, 3.05) is 19.7 Å². The minimum Gasteiger partial charge on any atom is -0.376 e. The summed E-state index contributed by atoms with van der Waals surface area (Å²) in [5, 5.41) is 12.9. The van der Waals surface area contributed by atoms with E-state index in [0.29, 0.717) is 55.6 Å². The van der Waals surface area contributed by atoms with Gasteiger partial charge in [-0.25, -0.2) is 0 Å². The fraction of sp³-hybridized carbons (Fsp3) is 0.273. The van der Waals surface area contributed by atoms with Gasteiger partial charge in [-0.1, -0.05) is 35.5 Å². The average Bonchev–Trinajstić information content (AvgIpc) is 3.19. The lowest BCUT2D eigenvalue weighted by atomic mass is 9.98. The van der Waals surface area contributed by atoms with Crippen molar-refractivity contribution in [3.05, 3.63) is 83.0 Å². The molecule has 2 heterocycles. The molecule has 1 saturated heterocycles. The first-order chi connectivity index (χ1) is 14.2. The van der Waals surface area contributed by atoms with Crippen molar-refractivity contribution in [1.82, 2.24) is 15.0 Å². The first-order valence-corrected chi connectivity index (χ1v) is 9.46. The Kier molecular flexibility index (Phi) is 5.63. The van der Waals surface area contributed by atoms with Gasteiger partial charge >= 0.3 is 0 Å². The third kappa shape index (κ3) is 4.50. The third-order valence-electron chi connectivity index (χ3n) is 4.84. The molecule has 3 aromatic rings. The number of rotatable bonds is 7. The molecular weight excluding hydrogens is 368 g/mol. The highest BCUT2D eigenvalue weighted by Crippen LogP contribution is 2.27. The topological polar surface area (TPSA) is 92.2 Å². The highest BCUT2D eigenvalue weighted by molar-refractivity contribution is 5.95. The van der Waals surface area contributed by atoms with Crippen molar-refractivity contribution < 1.29 is 14.1 Å². The summed E-state index contributed by atoms with van der Waals surface area (Å²) >= 11 is 0. The van der Waals surface area contributed by atoms with Crippen LogP contribution in [0.1, 0.15) is 39.1 Å². The number of carbonyl (C=O) groups is 1. The van der Waals surface area contributed by atoms with Crippen molar-refractivity contribution in [3.63, 3.8) is 0 Å². The largest absolute Gasteiger partial charge is 0.376 e. The molecule has 29 heavy (non-hydrogen) atoms. The van der Waals surface area contributed by atoms with Crippen LogP contribution in [0.5, 0.6) is 0 Å². The van der Waals surface area contributed by atoms with Gasteiger partial charge in [0.15, 0.2) is 5.82 Å². The minimum atomic E-state index is -0.0557. The molecule has 0 atom stereocenters. The number of ether oxygens (including phenoxy) is 1. The van der Waals surface area contributed by atoms with Crippen molar-refractivity contribution in [3.8, 4) is 6.07 Å². The summed E-state index contributed by atoms with van der Waals surface area (Å²) in [6.07, 6.45) is 0.580. The maximum absolute atomic E-state index is 12.5. The molecule has 0 saturated carbocycles. The Morgan fingerprint density at radius 1 is 1.17 bits per heavy atom. The molecule has 2 aromatic carbocycles. The molecule has 0 bridgehead atoms. The Labute approximate surface area is 168 Å². The van der Waals surface area contributed by atoms with E-state index < -0.39 is 0 Å². The molecule has 0 N–H and O–H groups in total. The van der Waals surface area contributed by atoms with Gasteiger partial charge < -0.3 is 14.2 Å². The zero-order valence-corrected chi connectivity index (χ0v) is 15.8. The lowest BCUT2D eigenvalue weighted by Crippen LogP contribution is -2.48. The van der Waals surface area contributed by atoms with Gasteiger partial charge in [-0.3, -0.25) is 4.79 Å². The fourth-order valence-corrected chi connectivity index (χ4v) is 3.13. The van der Waals surface area contributed by atoms with Gasteiger partial charge in [-0.2, -0.15) is 10.2 Å². The minimum absolute atomic E-state index is 0.0557. The molecule has 1 aromatic heterocycles. The number of aromatic nitrogens is 2.